The van der Waals surface area contributed by atoms with Crippen LogP contribution in [0.15, 0.2) is 29.9 Å². The lowest BCUT2D eigenvalue weighted by atomic mass is 10.1. The summed E-state index contributed by atoms with van der Waals surface area (Å²) < 4.78 is 4.91. The Labute approximate surface area is 54.7 Å². The van der Waals surface area contributed by atoms with E-state index in [-0.39, 0.29) is 0 Å². The van der Waals surface area contributed by atoms with Crippen LogP contribution in [0.1, 0.15) is 0 Å². The van der Waals surface area contributed by atoms with Gasteiger partial charge in [0, 0.05) is 0 Å². The van der Waals surface area contributed by atoms with Gasteiger partial charge in [0.05, 0.1) is 0 Å². The van der Waals surface area contributed by atoms with Gasteiger partial charge < -0.3 is 0 Å². The minimum atomic E-state index is 0.760. The van der Waals surface area contributed by atoms with Gasteiger partial charge in [0.15, 0.2) is 0 Å². The molecule has 1 heteroatoms. The Kier molecular flexibility index (Phi) is 1.63. The molecule has 46 valence electrons. The molecule has 0 radical (unpaired) electrons. The topological polar surface area (TPSA) is 11.3 Å². The third kappa shape index (κ3) is 1.39. The zero-order valence-electron chi connectivity index (χ0n) is 5.29. The van der Waals surface area contributed by atoms with Gasteiger partial charge in [-0.3, -0.25) is 4.42 Å². The van der Waals surface area contributed by atoms with Crippen LogP contribution in [0.25, 0.3) is 0 Å². The van der Waals surface area contributed by atoms with Crippen LogP contribution in [0.2, 0.25) is 0 Å². The predicted molar refractivity (Wildman–Crippen MR) is 37.0 cm³/mol. The van der Waals surface area contributed by atoms with Gasteiger partial charge in [0.1, 0.15) is 0 Å². The van der Waals surface area contributed by atoms with E-state index in [0.717, 1.165) is 11.4 Å². The SMILES string of the molecule is [CH-]=C1C=CC(=[O+]C)C=C1. The second-order valence-corrected chi connectivity index (χ2v) is 1.77. The minimum absolute atomic E-state index is 0.760. The largest absolute Gasteiger partial charge is 0.319 e. The fourth-order valence-electron chi connectivity index (χ4n) is 0.604. The van der Waals surface area contributed by atoms with Gasteiger partial charge in [0.2, 0.25) is 0 Å². The van der Waals surface area contributed by atoms with Crippen LogP contribution in [0.3, 0.4) is 0 Å². The molecule has 0 amide bonds. The molecule has 1 aliphatic carbocycles. The molecule has 1 nitrogen and oxygen atoms in total. The summed E-state index contributed by atoms with van der Waals surface area (Å²) in [5, 5.41) is 0. The van der Waals surface area contributed by atoms with Gasteiger partial charge in [-0.1, -0.05) is 0 Å². The maximum atomic E-state index is 5.43. The highest BCUT2D eigenvalue weighted by molar-refractivity contribution is 6.01. The monoisotopic (exact) mass is 120 g/mol. The molecule has 0 atom stereocenters. The lowest BCUT2D eigenvalue weighted by Crippen LogP contribution is -1.94. The molecule has 0 N–H and O–H groups in total. The van der Waals surface area contributed by atoms with Crippen LogP contribution < -0.4 is 0 Å². The first kappa shape index (κ1) is 6.02. The van der Waals surface area contributed by atoms with E-state index in [1.165, 1.54) is 0 Å². The zero-order chi connectivity index (χ0) is 6.69. The van der Waals surface area contributed by atoms with E-state index in [1.54, 1.807) is 19.3 Å². The zero-order valence-corrected chi connectivity index (χ0v) is 5.29. The van der Waals surface area contributed by atoms with Crippen molar-refractivity contribution in [2.75, 3.05) is 7.11 Å². The molecule has 0 saturated heterocycles. The van der Waals surface area contributed by atoms with Crippen molar-refractivity contribution in [2.45, 2.75) is 0 Å². The second kappa shape index (κ2) is 2.44. The van der Waals surface area contributed by atoms with Crippen LogP contribution in [0, 0.1) is 6.58 Å². The van der Waals surface area contributed by atoms with Crippen LogP contribution >= 0.6 is 0 Å². The van der Waals surface area contributed by atoms with Crippen molar-refractivity contribution in [1.29, 1.82) is 0 Å². The number of rotatable bonds is 0. The molecule has 0 fully saturated rings. The summed E-state index contributed by atoms with van der Waals surface area (Å²) in [5.41, 5.74) is 0.760. The highest BCUT2D eigenvalue weighted by Crippen LogP contribution is 2.01. The summed E-state index contributed by atoms with van der Waals surface area (Å²) in [4.78, 5) is 0. The highest BCUT2D eigenvalue weighted by Gasteiger charge is 1.96. The molecular formula is C8H8O. The molecule has 0 saturated carbocycles. The first-order chi connectivity index (χ1) is 4.33. The van der Waals surface area contributed by atoms with E-state index >= 15 is 0 Å². The smallest absolute Gasteiger partial charge is 0.260 e. The van der Waals surface area contributed by atoms with Gasteiger partial charge in [-0.05, 0) is 12.2 Å². The average molecular weight is 120 g/mol. The highest BCUT2D eigenvalue weighted by atomic mass is 16.4. The molecule has 0 heterocycles. The Morgan fingerprint density at radius 3 is 2.22 bits per heavy atom. The quantitative estimate of drug-likeness (QED) is 0.336. The molecular weight excluding hydrogens is 112 g/mol. The fraction of sp³-hybridized carbons (Fsp3) is 0.125. The molecule has 9 heavy (non-hydrogen) atoms. The van der Waals surface area contributed by atoms with Crippen molar-refractivity contribution < 1.29 is 4.42 Å². The van der Waals surface area contributed by atoms with Crippen molar-refractivity contribution in [3.63, 3.8) is 0 Å². The van der Waals surface area contributed by atoms with E-state index in [1.807, 2.05) is 12.2 Å². The van der Waals surface area contributed by atoms with Crippen molar-refractivity contribution in [3.05, 3.63) is 36.5 Å². The molecule has 0 aromatic carbocycles. The van der Waals surface area contributed by atoms with Gasteiger partial charge in [-0.2, -0.15) is 17.7 Å². The number of carbonyl (C=O) groups excluding carboxylic acids is 1. The molecule has 1 rings (SSSR count). The van der Waals surface area contributed by atoms with Crippen molar-refractivity contribution in [2.24, 2.45) is 0 Å². The minimum Gasteiger partial charge on any atom is -0.260 e. The normalized spacial score (nSPS) is 16.6. The summed E-state index contributed by atoms with van der Waals surface area (Å²) in [7, 11) is 1.63. The van der Waals surface area contributed by atoms with Gasteiger partial charge in [-0.15, -0.1) is 0 Å². The first-order valence-electron chi connectivity index (χ1n) is 2.72. The standard InChI is InChI=1S/C8H8O/c1-7-3-5-8(9-2)6-4-7/h1,3-6H,2H3. The maximum absolute atomic E-state index is 5.43. The summed E-state index contributed by atoms with van der Waals surface area (Å²) in [5.74, 6) is 0.837. The van der Waals surface area contributed by atoms with Gasteiger partial charge in [0.25, 0.3) is 7.11 Å². The average Bonchev–Trinajstić information content (AvgIpc) is 1.90. The molecule has 0 aromatic heterocycles. The Morgan fingerprint density at radius 1 is 1.22 bits per heavy atom. The van der Waals surface area contributed by atoms with Gasteiger partial charge in [-0.25, -0.2) is 6.58 Å². The first-order valence-corrected chi connectivity index (χ1v) is 2.72. The van der Waals surface area contributed by atoms with E-state index in [9.17, 15) is 0 Å². The molecule has 0 aliphatic heterocycles. The van der Waals surface area contributed by atoms with Crippen LogP contribution in [-0.4, -0.2) is 12.9 Å². The summed E-state index contributed by atoms with van der Waals surface area (Å²) in [6.45, 7) is 5.43. The molecule has 0 aromatic rings. The number of hydrogen-bond donors (Lipinski definition) is 0. The number of hydrogen-bond acceptors (Lipinski definition) is 0. The molecule has 0 bridgehead atoms. The number of allylic oxidation sites excluding steroid dienone is 5. The second-order valence-electron chi connectivity index (χ2n) is 1.77. The lowest BCUT2D eigenvalue weighted by Gasteiger charge is -2.00. The Bertz CT molecular complexity index is 189. The van der Waals surface area contributed by atoms with E-state index < -0.39 is 0 Å². The number of ketones is 1. The molecule has 0 unspecified atom stereocenters. The Morgan fingerprint density at radius 2 is 1.78 bits per heavy atom. The summed E-state index contributed by atoms with van der Waals surface area (Å²) >= 11 is 0. The third-order valence-electron chi connectivity index (χ3n) is 1.12. The lowest BCUT2D eigenvalue weighted by molar-refractivity contribution is -0.417. The summed E-state index contributed by atoms with van der Waals surface area (Å²) in [6.07, 6.45) is 7.27. The predicted octanol–water partition coefficient (Wildman–Crippen LogP) is 1.21. The molecule has 1 aliphatic rings. The van der Waals surface area contributed by atoms with Crippen molar-refractivity contribution in [3.8, 4) is 0 Å². The Balaban J connectivity index is 2.82. The third-order valence-corrected chi connectivity index (χ3v) is 1.12. The Hall–Kier alpha value is -1.11. The van der Waals surface area contributed by atoms with E-state index in [0.29, 0.717) is 0 Å². The van der Waals surface area contributed by atoms with Crippen molar-refractivity contribution in [1.82, 2.24) is 0 Å². The fourth-order valence-corrected chi connectivity index (χ4v) is 0.604. The maximum Gasteiger partial charge on any atom is 0.319 e. The van der Waals surface area contributed by atoms with Gasteiger partial charge >= 0.3 is 5.78 Å². The van der Waals surface area contributed by atoms with Crippen LogP contribution in [-0.2, 0) is 4.42 Å². The van der Waals surface area contributed by atoms with Crippen molar-refractivity contribution >= 4 is 5.78 Å². The molecule has 0 spiro atoms. The van der Waals surface area contributed by atoms with Crippen LogP contribution in [0.5, 0.6) is 0 Å². The van der Waals surface area contributed by atoms with E-state index in [4.69, 9.17) is 11.0 Å². The summed E-state index contributed by atoms with van der Waals surface area (Å²) in [6, 6.07) is 0. The van der Waals surface area contributed by atoms with Crippen LogP contribution in [0.4, 0.5) is 0 Å². The van der Waals surface area contributed by atoms with E-state index in [2.05, 4.69) is 0 Å².